The molecule has 1 heteroatoms. The number of benzene rings is 1. The van der Waals surface area contributed by atoms with Crippen LogP contribution in [0.1, 0.15) is 25.3 Å². The fourth-order valence-electron chi connectivity index (χ4n) is 2.57. The summed E-state index contributed by atoms with van der Waals surface area (Å²) in [4.78, 5) is 0. The summed E-state index contributed by atoms with van der Waals surface area (Å²) in [6, 6.07) is 21.8. The third kappa shape index (κ3) is 2.51. The van der Waals surface area contributed by atoms with Crippen LogP contribution < -0.4 is 0 Å². The molecule has 2 aliphatic rings. The molecule has 1 aromatic rings. The lowest BCUT2D eigenvalue weighted by atomic mass is 10.0. The number of rotatable bonds is 2. The smallest absolute Gasteiger partial charge is 0.0181 e. The van der Waals surface area contributed by atoms with Gasteiger partial charge in [0.2, 0.25) is 0 Å². The van der Waals surface area contributed by atoms with Crippen molar-refractivity contribution >= 4 is 15.9 Å². The first-order chi connectivity index (χ1) is 9.65. The van der Waals surface area contributed by atoms with Crippen LogP contribution in [-0.4, -0.2) is 0 Å². The molecule has 100 valence electrons. The Morgan fingerprint density at radius 3 is 2.20 bits per heavy atom. The third-order valence-corrected chi connectivity index (χ3v) is 4.20. The summed E-state index contributed by atoms with van der Waals surface area (Å²) in [5, 5.41) is 0. The maximum Gasteiger partial charge on any atom is 0.0181 e. The van der Waals surface area contributed by atoms with Crippen molar-refractivity contribution < 1.29 is 0 Å². The highest BCUT2D eigenvalue weighted by molar-refractivity contribution is 9.10. The van der Waals surface area contributed by atoms with E-state index >= 15 is 0 Å². The molecule has 20 heavy (non-hydrogen) atoms. The van der Waals surface area contributed by atoms with Gasteiger partial charge in [-0.3, -0.25) is 0 Å². The van der Waals surface area contributed by atoms with Gasteiger partial charge in [-0.05, 0) is 45.9 Å². The molecule has 0 spiro atoms. The second-order valence-corrected chi connectivity index (χ2v) is 6.37. The summed E-state index contributed by atoms with van der Waals surface area (Å²) < 4.78 is 1.12. The van der Waals surface area contributed by atoms with Crippen LogP contribution in [-0.2, 0) is 0 Å². The molecule has 0 radical (unpaired) electrons. The second-order valence-electron chi connectivity index (χ2n) is 5.45. The highest BCUT2D eigenvalue weighted by Crippen LogP contribution is 2.36. The maximum atomic E-state index is 3.55. The van der Waals surface area contributed by atoms with Gasteiger partial charge in [-0.2, -0.15) is 0 Å². The standard InChI is InChI=1S/C19H17Br/c1-13(2)14-5-4-8-18-16(11-14)9-10-19(18)15-6-3-7-17(20)12-15/h3-13H,1-2H3. The summed E-state index contributed by atoms with van der Waals surface area (Å²) in [5.74, 6) is 0.551. The summed E-state index contributed by atoms with van der Waals surface area (Å²) in [7, 11) is 0. The van der Waals surface area contributed by atoms with Crippen molar-refractivity contribution in [3.8, 4) is 22.3 Å². The van der Waals surface area contributed by atoms with Crippen LogP contribution in [0.15, 0.2) is 65.1 Å². The molecule has 1 aromatic carbocycles. The molecule has 0 nitrogen and oxygen atoms in total. The fraction of sp³-hybridized carbons (Fsp3) is 0.158. The Bertz CT molecular complexity index is 713. The molecule has 0 atom stereocenters. The Morgan fingerprint density at radius 2 is 1.45 bits per heavy atom. The van der Waals surface area contributed by atoms with Crippen LogP contribution in [0.25, 0.3) is 22.3 Å². The Balaban J connectivity index is 2.14. The van der Waals surface area contributed by atoms with Gasteiger partial charge in [0.1, 0.15) is 0 Å². The molecular weight excluding hydrogens is 308 g/mol. The molecule has 0 unspecified atom stereocenters. The first-order valence-corrected chi connectivity index (χ1v) is 7.73. The quantitative estimate of drug-likeness (QED) is 0.515. The summed E-state index contributed by atoms with van der Waals surface area (Å²) in [6.07, 6.45) is 0. The lowest BCUT2D eigenvalue weighted by molar-refractivity contribution is 0.869. The number of hydrogen-bond acceptors (Lipinski definition) is 0. The molecule has 0 bridgehead atoms. The zero-order valence-corrected chi connectivity index (χ0v) is 13.3. The van der Waals surface area contributed by atoms with Crippen LogP contribution in [0.4, 0.5) is 0 Å². The minimum atomic E-state index is 0.551. The van der Waals surface area contributed by atoms with E-state index in [9.17, 15) is 0 Å². The van der Waals surface area contributed by atoms with E-state index in [2.05, 4.69) is 90.4 Å². The molecule has 0 aromatic heterocycles. The van der Waals surface area contributed by atoms with Gasteiger partial charge in [-0.1, -0.05) is 78.3 Å². The van der Waals surface area contributed by atoms with Crippen LogP contribution in [0.5, 0.6) is 0 Å². The van der Waals surface area contributed by atoms with Crippen molar-refractivity contribution in [1.29, 1.82) is 0 Å². The zero-order valence-electron chi connectivity index (χ0n) is 11.7. The molecule has 0 aliphatic heterocycles. The Hall–Kier alpha value is -1.60. The average molecular weight is 325 g/mol. The minimum absolute atomic E-state index is 0.551. The molecule has 0 saturated carbocycles. The van der Waals surface area contributed by atoms with Crippen molar-refractivity contribution in [3.05, 3.63) is 70.7 Å². The molecule has 0 fully saturated rings. The van der Waals surface area contributed by atoms with E-state index in [4.69, 9.17) is 0 Å². The largest absolute Gasteiger partial charge is 0.0613 e. The molecule has 2 aliphatic carbocycles. The van der Waals surface area contributed by atoms with Gasteiger partial charge < -0.3 is 0 Å². The predicted octanol–water partition coefficient (Wildman–Crippen LogP) is 6.34. The average Bonchev–Trinajstić information content (AvgIpc) is 2.68. The summed E-state index contributed by atoms with van der Waals surface area (Å²) in [5.41, 5.74) is 6.56. The first-order valence-electron chi connectivity index (χ1n) is 6.94. The zero-order chi connectivity index (χ0) is 14.1. The van der Waals surface area contributed by atoms with E-state index in [-0.39, 0.29) is 0 Å². The topological polar surface area (TPSA) is 0 Å². The lowest BCUT2D eigenvalue weighted by Gasteiger charge is -2.04. The SMILES string of the molecule is CC(C)c1cccc2c(-c3cccc(Br)c3)ccc-2c1. The summed E-state index contributed by atoms with van der Waals surface area (Å²) >= 11 is 3.55. The van der Waals surface area contributed by atoms with Gasteiger partial charge in [0, 0.05) is 4.47 Å². The highest BCUT2D eigenvalue weighted by atomic mass is 79.9. The minimum Gasteiger partial charge on any atom is -0.0613 e. The monoisotopic (exact) mass is 324 g/mol. The molecule has 0 saturated heterocycles. The molecule has 0 amide bonds. The van der Waals surface area contributed by atoms with E-state index in [1.54, 1.807) is 0 Å². The van der Waals surface area contributed by atoms with Crippen molar-refractivity contribution in [3.63, 3.8) is 0 Å². The van der Waals surface area contributed by atoms with Crippen molar-refractivity contribution in [2.75, 3.05) is 0 Å². The maximum absolute atomic E-state index is 3.55. The van der Waals surface area contributed by atoms with Crippen LogP contribution in [0, 0.1) is 0 Å². The predicted molar refractivity (Wildman–Crippen MR) is 90.3 cm³/mol. The van der Waals surface area contributed by atoms with Crippen molar-refractivity contribution in [2.24, 2.45) is 0 Å². The molecule has 0 heterocycles. The Kier molecular flexibility index (Phi) is 3.62. The van der Waals surface area contributed by atoms with Crippen LogP contribution in [0.2, 0.25) is 0 Å². The fourth-order valence-corrected chi connectivity index (χ4v) is 2.97. The van der Waals surface area contributed by atoms with Crippen LogP contribution >= 0.6 is 15.9 Å². The number of hydrogen-bond donors (Lipinski definition) is 0. The van der Waals surface area contributed by atoms with Gasteiger partial charge >= 0.3 is 0 Å². The third-order valence-electron chi connectivity index (χ3n) is 3.71. The molecular formula is C19H17Br. The lowest BCUT2D eigenvalue weighted by Crippen LogP contribution is -1.83. The normalized spacial score (nSPS) is 11.2. The van der Waals surface area contributed by atoms with Gasteiger partial charge in [0.05, 0.1) is 0 Å². The van der Waals surface area contributed by atoms with Crippen molar-refractivity contribution in [2.45, 2.75) is 19.8 Å². The van der Waals surface area contributed by atoms with E-state index in [0.29, 0.717) is 5.92 Å². The van der Waals surface area contributed by atoms with E-state index in [0.717, 1.165) is 4.47 Å². The van der Waals surface area contributed by atoms with E-state index in [1.165, 1.54) is 27.8 Å². The van der Waals surface area contributed by atoms with Gasteiger partial charge in [-0.25, -0.2) is 0 Å². The Labute approximate surface area is 128 Å². The highest BCUT2D eigenvalue weighted by Gasteiger charge is 2.11. The van der Waals surface area contributed by atoms with E-state index < -0.39 is 0 Å². The molecule has 3 rings (SSSR count). The first kappa shape index (κ1) is 13.4. The van der Waals surface area contributed by atoms with Gasteiger partial charge in [-0.15, -0.1) is 0 Å². The Morgan fingerprint density at radius 1 is 0.750 bits per heavy atom. The van der Waals surface area contributed by atoms with Crippen LogP contribution in [0.3, 0.4) is 0 Å². The summed E-state index contributed by atoms with van der Waals surface area (Å²) in [6.45, 7) is 4.47. The van der Waals surface area contributed by atoms with E-state index in [1.807, 2.05) is 0 Å². The number of fused-ring (bicyclic) bond motifs is 1. The number of halogens is 1. The van der Waals surface area contributed by atoms with Gasteiger partial charge in [0.25, 0.3) is 0 Å². The molecule has 0 N–H and O–H groups in total. The van der Waals surface area contributed by atoms with Crippen molar-refractivity contribution in [1.82, 2.24) is 0 Å². The van der Waals surface area contributed by atoms with Gasteiger partial charge in [0.15, 0.2) is 0 Å². The second kappa shape index (κ2) is 5.41.